The van der Waals surface area contributed by atoms with E-state index in [1.165, 1.54) is 63.8 Å². The van der Waals surface area contributed by atoms with Crippen molar-refractivity contribution >= 4 is 11.0 Å². The molecule has 6 rings (SSSR count). The molecule has 4 aromatic rings. The van der Waals surface area contributed by atoms with Gasteiger partial charge in [-0.15, -0.1) is 0 Å². The molecule has 0 spiro atoms. The molecule has 1 aromatic heterocycles. The molecule has 0 radical (unpaired) electrons. The van der Waals surface area contributed by atoms with Crippen molar-refractivity contribution in [3.8, 4) is 79.6 Å². The smallest absolute Gasteiger partial charge is 0.197 e. The molecule has 3 aromatic carbocycles. The molecule has 0 fully saturated rings. The van der Waals surface area contributed by atoms with Crippen molar-refractivity contribution < 1.29 is 38.4 Å². The predicted molar refractivity (Wildman–Crippen MR) is 159 cm³/mol. The fraction of sp³-hybridized carbons (Fsp3) is 0.0909. The van der Waals surface area contributed by atoms with Crippen LogP contribution in [0, 0.1) is 0 Å². The zero-order chi connectivity index (χ0) is 30.4. The minimum Gasteiger partial charge on any atom is -0.508 e. The van der Waals surface area contributed by atoms with Crippen molar-refractivity contribution in [2.75, 3.05) is 21.3 Å². The summed E-state index contributed by atoms with van der Waals surface area (Å²) in [6, 6.07) is 17.8. The third kappa shape index (κ3) is 4.64. The van der Waals surface area contributed by atoms with Crippen LogP contribution >= 0.6 is 0 Å². The molecule has 0 saturated carbocycles. The number of benzene rings is 4. The van der Waals surface area contributed by atoms with E-state index in [0.717, 1.165) is 0 Å². The van der Waals surface area contributed by atoms with Crippen molar-refractivity contribution in [2.45, 2.75) is 0 Å². The van der Waals surface area contributed by atoms with Gasteiger partial charge in [0.05, 0.1) is 26.9 Å². The van der Waals surface area contributed by atoms with Crippen LogP contribution in [0.5, 0.6) is 34.5 Å². The first-order valence-electron chi connectivity index (χ1n) is 12.9. The van der Waals surface area contributed by atoms with Crippen molar-refractivity contribution in [1.82, 2.24) is 0 Å². The van der Waals surface area contributed by atoms with E-state index in [1.54, 1.807) is 30.3 Å². The summed E-state index contributed by atoms with van der Waals surface area (Å²) in [5, 5.41) is 31.2. The van der Waals surface area contributed by atoms with Gasteiger partial charge in [0.1, 0.15) is 62.7 Å². The SMILES string of the molecule is COc1cc2oc(-c3ccc(OC)c(-c4c(OC)cc(O)c5c(=O)cc(-c6ccc(O)cc6)oc45)c3)cc(O)c-2c(=O)c1. The second kappa shape index (κ2) is 10.5. The Hall–Kier alpha value is -5.90. The fourth-order valence-corrected chi connectivity index (χ4v) is 5.04. The number of aromatic hydroxyl groups is 3. The molecule has 1 aliphatic carbocycles. The fourth-order valence-electron chi connectivity index (χ4n) is 5.04. The summed E-state index contributed by atoms with van der Waals surface area (Å²) in [7, 11) is 4.30. The van der Waals surface area contributed by atoms with Crippen LogP contribution in [0.4, 0.5) is 0 Å². The normalized spacial score (nSPS) is 11.1. The van der Waals surface area contributed by atoms with Gasteiger partial charge in [-0.1, -0.05) is 0 Å². The van der Waals surface area contributed by atoms with Crippen LogP contribution in [-0.4, -0.2) is 36.6 Å². The molecule has 1 aliphatic heterocycles. The number of rotatable bonds is 6. The number of phenols is 2. The van der Waals surface area contributed by atoms with Crippen molar-refractivity contribution in [3.05, 3.63) is 93.2 Å². The maximum Gasteiger partial charge on any atom is 0.197 e. The predicted octanol–water partition coefficient (Wildman–Crippen LogP) is 5.99. The average molecular weight is 581 g/mol. The Bertz CT molecular complexity index is 2110. The zero-order valence-electron chi connectivity index (χ0n) is 23.1. The van der Waals surface area contributed by atoms with Crippen molar-refractivity contribution in [1.29, 1.82) is 0 Å². The van der Waals surface area contributed by atoms with Crippen LogP contribution in [-0.2, 0) is 0 Å². The van der Waals surface area contributed by atoms with Gasteiger partial charge in [-0.05, 0) is 42.5 Å². The Morgan fingerprint density at radius 3 is 1.98 bits per heavy atom. The number of ether oxygens (including phenoxy) is 3. The van der Waals surface area contributed by atoms with E-state index < -0.39 is 10.9 Å². The molecule has 2 heterocycles. The van der Waals surface area contributed by atoms with Gasteiger partial charge < -0.3 is 38.4 Å². The Kier molecular flexibility index (Phi) is 6.66. The summed E-state index contributed by atoms with van der Waals surface area (Å²) in [6.45, 7) is 0. The molecular weight excluding hydrogens is 556 g/mol. The van der Waals surface area contributed by atoms with Gasteiger partial charge in [0.15, 0.2) is 16.4 Å². The summed E-state index contributed by atoms with van der Waals surface area (Å²) in [6.07, 6.45) is 0. The lowest BCUT2D eigenvalue weighted by Gasteiger charge is -2.17. The van der Waals surface area contributed by atoms with E-state index in [-0.39, 0.29) is 62.6 Å². The van der Waals surface area contributed by atoms with Crippen LogP contribution in [0.15, 0.2) is 91.2 Å². The Balaban J connectivity index is 1.64. The first-order chi connectivity index (χ1) is 20.7. The number of hydrogen-bond acceptors (Lipinski definition) is 10. The van der Waals surface area contributed by atoms with E-state index in [2.05, 4.69) is 0 Å². The number of methoxy groups -OCH3 is 3. The molecule has 216 valence electrons. The van der Waals surface area contributed by atoms with E-state index in [9.17, 15) is 24.9 Å². The Morgan fingerprint density at radius 2 is 1.28 bits per heavy atom. The topological polar surface area (TPSA) is 149 Å². The number of fused-ring (bicyclic) bond motifs is 2. The lowest BCUT2D eigenvalue weighted by Crippen LogP contribution is -2.06. The summed E-state index contributed by atoms with van der Waals surface area (Å²) in [4.78, 5) is 25.9. The third-order valence-electron chi connectivity index (χ3n) is 7.09. The average Bonchev–Trinajstić information content (AvgIpc) is 3.00. The van der Waals surface area contributed by atoms with E-state index in [0.29, 0.717) is 28.0 Å². The second-order valence-corrected chi connectivity index (χ2v) is 9.61. The molecule has 0 unspecified atom stereocenters. The van der Waals surface area contributed by atoms with Crippen LogP contribution in [0.2, 0.25) is 0 Å². The monoisotopic (exact) mass is 580 g/mol. The summed E-state index contributed by atoms with van der Waals surface area (Å²) in [5.41, 5.74) is 0.788. The van der Waals surface area contributed by atoms with Gasteiger partial charge in [-0.2, -0.15) is 0 Å². The molecule has 3 N–H and O–H groups in total. The Morgan fingerprint density at radius 1 is 0.581 bits per heavy atom. The second-order valence-electron chi connectivity index (χ2n) is 9.61. The van der Waals surface area contributed by atoms with Gasteiger partial charge in [-0.3, -0.25) is 9.59 Å². The van der Waals surface area contributed by atoms with E-state index in [4.69, 9.17) is 23.0 Å². The van der Waals surface area contributed by atoms with Gasteiger partial charge >= 0.3 is 0 Å². The molecule has 10 nitrogen and oxygen atoms in total. The molecule has 43 heavy (non-hydrogen) atoms. The molecule has 0 bridgehead atoms. The van der Waals surface area contributed by atoms with Gasteiger partial charge in [-0.25, -0.2) is 0 Å². The maximum atomic E-state index is 13.3. The van der Waals surface area contributed by atoms with Crippen LogP contribution < -0.4 is 25.1 Å². The quantitative estimate of drug-likeness (QED) is 0.214. The highest BCUT2D eigenvalue weighted by Crippen LogP contribution is 2.47. The van der Waals surface area contributed by atoms with Gasteiger partial charge in [0.2, 0.25) is 0 Å². The minimum atomic E-state index is -0.502. The van der Waals surface area contributed by atoms with Crippen LogP contribution in [0.25, 0.3) is 56.1 Å². The van der Waals surface area contributed by atoms with Crippen molar-refractivity contribution in [2.24, 2.45) is 0 Å². The zero-order valence-corrected chi connectivity index (χ0v) is 23.1. The van der Waals surface area contributed by atoms with Crippen LogP contribution in [0.3, 0.4) is 0 Å². The van der Waals surface area contributed by atoms with Gasteiger partial charge in [0.25, 0.3) is 0 Å². The van der Waals surface area contributed by atoms with Crippen LogP contribution in [0.1, 0.15) is 0 Å². The summed E-state index contributed by atoms with van der Waals surface area (Å²) >= 11 is 0. The molecular formula is C33H24O10. The first-order valence-corrected chi connectivity index (χ1v) is 12.9. The lowest BCUT2D eigenvalue weighted by molar-refractivity contribution is 0.406. The lowest BCUT2D eigenvalue weighted by atomic mass is 9.96. The summed E-state index contributed by atoms with van der Waals surface area (Å²) in [5.74, 6) is 0.788. The van der Waals surface area contributed by atoms with Gasteiger partial charge in [0, 0.05) is 47.0 Å². The van der Waals surface area contributed by atoms with E-state index in [1.807, 2.05) is 0 Å². The summed E-state index contributed by atoms with van der Waals surface area (Å²) < 4.78 is 28.8. The molecule has 0 saturated heterocycles. The highest BCUT2D eigenvalue weighted by molar-refractivity contribution is 6.01. The highest BCUT2D eigenvalue weighted by Gasteiger charge is 2.25. The third-order valence-corrected chi connectivity index (χ3v) is 7.09. The first kappa shape index (κ1) is 27.3. The Labute approximate surface area is 243 Å². The van der Waals surface area contributed by atoms with Crippen molar-refractivity contribution in [3.63, 3.8) is 0 Å². The van der Waals surface area contributed by atoms with E-state index >= 15 is 0 Å². The highest BCUT2D eigenvalue weighted by atomic mass is 16.5. The number of hydrogen-bond donors (Lipinski definition) is 3. The molecule has 10 heteroatoms. The minimum absolute atomic E-state index is 0.00742. The molecule has 2 aliphatic rings. The largest absolute Gasteiger partial charge is 0.508 e. The molecule has 0 amide bonds. The molecule has 0 atom stereocenters. The number of phenolic OH excluding ortho intramolecular Hbond substituents is 2. The maximum absolute atomic E-state index is 13.3. The standard InChI is InChI=1S/C33H24O10/c1-39-19-11-21(35)31-22(36)13-27(42-29(31)12-19)17-6-9-25(40-2)20(10-17)30-28(41-3)15-24(38)32-23(37)14-26(43-33(30)32)16-4-7-18(34)8-5-16/h4-15,34,36,38H,1-3H3.